The van der Waals surface area contributed by atoms with Crippen LogP contribution < -0.4 is 16.4 Å². The molecule has 2 heterocycles. The number of anilines is 3. The van der Waals surface area contributed by atoms with Crippen LogP contribution in [0.5, 0.6) is 0 Å². The van der Waals surface area contributed by atoms with Gasteiger partial charge in [-0.15, -0.1) is 0 Å². The number of nitrogens with zero attached hydrogens (tertiary/aromatic N) is 4. The molecule has 0 saturated carbocycles. The molecule has 1 amide bonds. The van der Waals surface area contributed by atoms with Crippen LogP contribution in [0.1, 0.15) is 15.9 Å². The summed E-state index contributed by atoms with van der Waals surface area (Å²) in [5.41, 5.74) is 5.22. The van der Waals surface area contributed by atoms with E-state index in [1.54, 1.807) is 17.9 Å². The van der Waals surface area contributed by atoms with E-state index in [2.05, 4.69) is 25.7 Å². The molecular formula is C16H14F3N7O. The topological polar surface area (TPSA) is 111 Å². The number of benzene rings is 1. The first-order chi connectivity index (χ1) is 12.8. The van der Waals surface area contributed by atoms with Crippen LogP contribution in [0.2, 0.25) is 0 Å². The Balaban J connectivity index is 1.87. The van der Waals surface area contributed by atoms with E-state index in [-0.39, 0.29) is 17.3 Å². The predicted octanol–water partition coefficient (Wildman–Crippen LogP) is 2.08. The summed E-state index contributed by atoms with van der Waals surface area (Å²) < 4.78 is 42.4. The average molecular weight is 377 g/mol. The van der Waals surface area contributed by atoms with Crippen LogP contribution in [0.25, 0.3) is 0 Å². The minimum Gasteiger partial charge on any atom is -0.365 e. The molecule has 11 heteroatoms. The summed E-state index contributed by atoms with van der Waals surface area (Å²) in [5, 5.41) is 9.42. The second kappa shape index (κ2) is 7.32. The van der Waals surface area contributed by atoms with Gasteiger partial charge in [-0.25, -0.2) is 18.2 Å². The van der Waals surface area contributed by atoms with E-state index in [9.17, 15) is 18.0 Å². The molecule has 0 bridgehead atoms. The molecule has 3 rings (SSSR count). The number of amides is 1. The standard InChI is InChI=1S/C16H14F3N7O/c1-26-7-8(4-23-26)24-16-22-6-10(14(20)27)15(25-16)21-5-9-11(17)2-3-12(18)13(9)19/h2-4,6-7H,5H2,1H3,(H2,20,27)(H2,21,22,24,25). The van der Waals surface area contributed by atoms with Gasteiger partial charge in [0.1, 0.15) is 11.6 Å². The highest BCUT2D eigenvalue weighted by molar-refractivity contribution is 5.97. The minimum absolute atomic E-state index is 0.0630. The van der Waals surface area contributed by atoms with E-state index >= 15 is 0 Å². The van der Waals surface area contributed by atoms with Gasteiger partial charge in [-0.1, -0.05) is 0 Å². The summed E-state index contributed by atoms with van der Waals surface area (Å²) in [7, 11) is 1.72. The number of aryl methyl sites for hydroxylation is 1. The van der Waals surface area contributed by atoms with E-state index in [0.29, 0.717) is 11.8 Å². The molecule has 0 fully saturated rings. The number of carbonyl (C=O) groups is 1. The third kappa shape index (κ3) is 3.97. The van der Waals surface area contributed by atoms with Gasteiger partial charge in [0, 0.05) is 31.5 Å². The van der Waals surface area contributed by atoms with Gasteiger partial charge in [0.05, 0.1) is 17.4 Å². The second-order valence-electron chi connectivity index (χ2n) is 5.52. The van der Waals surface area contributed by atoms with Gasteiger partial charge in [0.2, 0.25) is 5.95 Å². The third-order valence-corrected chi connectivity index (χ3v) is 3.59. The Hall–Kier alpha value is -3.63. The highest BCUT2D eigenvalue weighted by Crippen LogP contribution is 2.20. The lowest BCUT2D eigenvalue weighted by Gasteiger charge is -2.12. The first-order valence-electron chi connectivity index (χ1n) is 7.64. The minimum atomic E-state index is -1.33. The lowest BCUT2D eigenvalue weighted by Crippen LogP contribution is -2.17. The maximum absolute atomic E-state index is 13.8. The summed E-state index contributed by atoms with van der Waals surface area (Å²) in [6.07, 6.45) is 4.35. The first kappa shape index (κ1) is 18.2. The zero-order valence-corrected chi connectivity index (χ0v) is 14.0. The van der Waals surface area contributed by atoms with Gasteiger partial charge in [-0.3, -0.25) is 9.48 Å². The predicted molar refractivity (Wildman–Crippen MR) is 90.7 cm³/mol. The molecule has 0 saturated heterocycles. The van der Waals surface area contributed by atoms with E-state index in [1.807, 2.05) is 0 Å². The number of hydrogen-bond acceptors (Lipinski definition) is 6. The molecule has 0 spiro atoms. The van der Waals surface area contributed by atoms with Crippen molar-refractivity contribution in [1.82, 2.24) is 19.7 Å². The van der Waals surface area contributed by atoms with Crippen LogP contribution in [0.15, 0.2) is 30.7 Å². The van der Waals surface area contributed by atoms with Crippen LogP contribution >= 0.6 is 0 Å². The number of hydrogen-bond donors (Lipinski definition) is 3. The second-order valence-corrected chi connectivity index (χ2v) is 5.52. The van der Waals surface area contributed by atoms with E-state index < -0.39 is 35.5 Å². The summed E-state index contributed by atoms with van der Waals surface area (Å²) in [6.45, 7) is -0.459. The number of aromatic nitrogens is 4. The van der Waals surface area contributed by atoms with Crippen LogP contribution in [0.4, 0.5) is 30.6 Å². The number of nitrogens with one attached hydrogen (secondary N) is 2. The zero-order valence-electron chi connectivity index (χ0n) is 14.0. The van der Waals surface area contributed by atoms with Crippen molar-refractivity contribution in [1.29, 1.82) is 0 Å². The van der Waals surface area contributed by atoms with Crippen molar-refractivity contribution in [2.24, 2.45) is 12.8 Å². The number of carbonyl (C=O) groups excluding carboxylic acids is 1. The van der Waals surface area contributed by atoms with Gasteiger partial charge in [0.15, 0.2) is 11.6 Å². The van der Waals surface area contributed by atoms with Gasteiger partial charge >= 0.3 is 0 Å². The maximum Gasteiger partial charge on any atom is 0.254 e. The molecule has 0 aliphatic carbocycles. The van der Waals surface area contributed by atoms with Gasteiger partial charge in [0.25, 0.3) is 5.91 Å². The fourth-order valence-electron chi connectivity index (χ4n) is 2.28. The van der Waals surface area contributed by atoms with Crippen molar-refractivity contribution < 1.29 is 18.0 Å². The Morgan fingerprint density at radius 3 is 2.63 bits per heavy atom. The van der Waals surface area contributed by atoms with E-state index in [4.69, 9.17) is 5.73 Å². The van der Waals surface area contributed by atoms with Crippen molar-refractivity contribution in [2.45, 2.75) is 6.54 Å². The molecule has 0 radical (unpaired) electrons. The Bertz CT molecular complexity index is 1010. The Morgan fingerprint density at radius 2 is 1.96 bits per heavy atom. The molecule has 27 heavy (non-hydrogen) atoms. The zero-order chi connectivity index (χ0) is 19.6. The van der Waals surface area contributed by atoms with Gasteiger partial charge in [-0.05, 0) is 12.1 Å². The molecule has 140 valence electrons. The largest absolute Gasteiger partial charge is 0.365 e. The molecule has 0 unspecified atom stereocenters. The fraction of sp³-hybridized carbons (Fsp3) is 0.125. The highest BCUT2D eigenvalue weighted by Gasteiger charge is 2.17. The third-order valence-electron chi connectivity index (χ3n) is 3.59. The lowest BCUT2D eigenvalue weighted by atomic mass is 10.2. The van der Waals surface area contributed by atoms with Crippen LogP contribution in [0.3, 0.4) is 0 Å². The van der Waals surface area contributed by atoms with Crippen LogP contribution in [-0.2, 0) is 13.6 Å². The number of rotatable bonds is 6. The van der Waals surface area contributed by atoms with Crippen molar-refractivity contribution in [2.75, 3.05) is 10.6 Å². The molecular weight excluding hydrogens is 363 g/mol. The molecule has 4 N–H and O–H groups in total. The van der Waals surface area contributed by atoms with Crippen molar-refractivity contribution in [3.8, 4) is 0 Å². The first-order valence-corrected chi connectivity index (χ1v) is 7.64. The Kier molecular flexibility index (Phi) is 4.92. The highest BCUT2D eigenvalue weighted by atomic mass is 19.2. The summed E-state index contributed by atoms with van der Waals surface area (Å²) in [6, 6.07) is 1.49. The normalized spacial score (nSPS) is 10.7. The SMILES string of the molecule is Cn1cc(Nc2ncc(C(N)=O)c(NCc3c(F)ccc(F)c3F)n2)cn1. The van der Waals surface area contributed by atoms with Gasteiger partial charge < -0.3 is 16.4 Å². The molecule has 1 aromatic carbocycles. The maximum atomic E-state index is 13.8. The fourth-order valence-corrected chi connectivity index (χ4v) is 2.28. The number of primary amides is 1. The summed E-state index contributed by atoms with van der Waals surface area (Å²) >= 11 is 0. The molecule has 8 nitrogen and oxygen atoms in total. The van der Waals surface area contributed by atoms with Crippen LogP contribution in [0, 0.1) is 17.5 Å². The van der Waals surface area contributed by atoms with E-state index in [1.165, 1.54) is 6.20 Å². The lowest BCUT2D eigenvalue weighted by molar-refractivity contribution is 0.100. The van der Waals surface area contributed by atoms with Gasteiger partial charge in [-0.2, -0.15) is 10.1 Å². The van der Waals surface area contributed by atoms with Crippen molar-refractivity contribution in [3.05, 3.63) is 59.3 Å². The molecule has 0 aliphatic heterocycles. The Morgan fingerprint density at radius 1 is 1.22 bits per heavy atom. The summed E-state index contributed by atoms with van der Waals surface area (Å²) in [5.74, 6) is -4.27. The van der Waals surface area contributed by atoms with Crippen molar-refractivity contribution in [3.63, 3.8) is 0 Å². The van der Waals surface area contributed by atoms with Crippen molar-refractivity contribution >= 4 is 23.4 Å². The number of halogens is 3. The summed E-state index contributed by atoms with van der Waals surface area (Å²) in [4.78, 5) is 19.6. The quantitative estimate of drug-likeness (QED) is 0.567. The molecule has 2 aromatic heterocycles. The molecule has 3 aromatic rings. The molecule has 0 aliphatic rings. The monoisotopic (exact) mass is 377 g/mol. The Labute approximate surface area is 151 Å². The number of nitrogens with two attached hydrogens (primary N) is 1. The van der Waals surface area contributed by atoms with Crippen LogP contribution in [-0.4, -0.2) is 25.7 Å². The molecule has 0 atom stereocenters. The smallest absolute Gasteiger partial charge is 0.254 e. The average Bonchev–Trinajstić information content (AvgIpc) is 3.03. The van der Waals surface area contributed by atoms with E-state index in [0.717, 1.165) is 12.3 Å².